The molecule has 3 aliphatic carbocycles. The summed E-state index contributed by atoms with van der Waals surface area (Å²) < 4.78 is 42.9. The molecule has 2 aliphatic heterocycles. The van der Waals surface area contributed by atoms with Crippen LogP contribution in [0.25, 0.3) is 0 Å². The molecule has 37 heavy (non-hydrogen) atoms. The van der Waals surface area contributed by atoms with Gasteiger partial charge < -0.3 is 25.4 Å². The highest BCUT2D eigenvalue weighted by Gasteiger charge is 2.74. The summed E-state index contributed by atoms with van der Waals surface area (Å²) in [6.45, 7) is 14.0. The highest BCUT2D eigenvalue weighted by atomic mass is 19.4. The molecule has 11 heteroatoms. The molecule has 1 aromatic rings. The van der Waals surface area contributed by atoms with Crippen LogP contribution in [0.15, 0.2) is 17.3 Å². The maximum absolute atomic E-state index is 12.9. The summed E-state index contributed by atoms with van der Waals surface area (Å²) in [5.74, 6) is -0.289. The maximum Gasteiger partial charge on any atom is 0.573 e. The minimum Gasteiger partial charge on any atom is -0.402 e. The van der Waals surface area contributed by atoms with Crippen LogP contribution in [0.3, 0.4) is 0 Å². The SMILES string of the molecule is CCCN1CCN(C23CC(N4CC(C)(c5cnc(N)c(OC(F)(F)F)c5)N=C4C(O)C(C)C)(C2)C3)CC1. The Balaban J connectivity index is 1.35. The van der Waals surface area contributed by atoms with Crippen LogP contribution in [0.1, 0.15) is 58.9 Å². The number of halogens is 3. The van der Waals surface area contributed by atoms with Crippen molar-refractivity contribution in [2.24, 2.45) is 10.9 Å². The van der Waals surface area contributed by atoms with Crippen molar-refractivity contribution in [2.75, 3.05) is 45.0 Å². The van der Waals surface area contributed by atoms with E-state index in [4.69, 9.17) is 10.7 Å². The number of alkyl halides is 3. The molecular weight excluding hydrogens is 485 g/mol. The zero-order valence-electron chi connectivity index (χ0n) is 22.2. The second-order valence-corrected chi connectivity index (χ2v) is 12.0. The van der Waals surface area contributed by atoms with Crippen LogP contribution in [0.5, 0.6) is 5.75 Å². The number of aliphatic hydroxyl groups is 1. The van der Waals surface area contributed by atoms with Gasteiger partial charge in [0, 0.05) is 55.6 Å². The lowest BCUT2D eigenvalue weighted by Crippen LogP contribution is -2.85. The lowest BCUT2D eigenvalue weighted by molar-refractivity contribution is -0.274. The first-order valence-corrected chi connectivity index (χ1v) is 13.3. The van der Waals surface area contributed by atoms with Gasteiger partial charge in [-0.15, -0.1) is 13.2 Å². The van der Waals surface area contributed by atoms with Crippen LogP contribution in [-0.4, -0.2) is 93.4 Å². The molecule has 206 valence electrons. The standard InChI is InChI=1S/C26H39F3N6O2/c1-5-6-33-7-9-34(10-8-33)24-13-25(14-24,15-24)35-16-23(4,32-22(35)20(36)17(2)3)18-11-19(21(30)31-12-18)37-26(27,28)29/h11-12,17,20,36H,5-10,13-16H2,1-4H3,(H2,30,31). The monoisotopic (exact) mass is 524 g/mol. The summed E-state index contributed by atoms with van der Waals surface area (Å²) in [5.41, 5.74) is 5.41. The molecule has 2 bridgehead atoms. The van der Waals surface area contributed by atoms with Crippen molar-refractivity contribution in [2.45, 2.75) is 82.5 Å². The van der Waals surface area contributed by atoms with E-state index in [0.717, 1.165) is 52.0 Å². The Morgan fingerprint density at radius 2 is 1.78 bits per heavy atom. The molecule has 6 rings (SSSR count). The Kier molecular flexibility index (Phi) is 6.43. The highest BCUT2D eigenvalue weighted by molar-refractivity contribution is 5.90. The van der Waals surface area contributed by atoms with Gasteiger partial charge in [-0.3, -0.25) is 9.89 Å². The second-order valence-electron chi connectivity index (χ2n) is 12.0. The molecule has 0 spiro atoms. The van der Waals surface area contributed by atoms with Crippen LogP contribution in [0.4, 0.5) is 19.0 Å². The van der Waals surface area contributed by atoms with Gasteiger partial charge in [0.1, 0.15) is 17.5 Å². The molecule has 3 heterocycles. The maximum atomic E-state index is 12.9. The number of amidine groups is 1. The van der Waals surface area contributed by atoms with E-state index in [1.807, 2.05) is 20.8 Å². The van der Waals surface area contributed by atoms with Crippen molar-refractivity contribution in [1.29, 1.82) is 0 Å². The van der Waals surface area contributed by atoms with E-state index in [1.54, 1.807) is 0 Å². The van der Waals surface area contributed by atoms with Crippen molar-refractivity contribution in [3.8, 4) is 5.75 Å². The number of piperazine rings is 1. The number of nitrogens with two attached hydrogens (primary N) is 1. The van der Waals surface area contributed by atoms with E-state index >= 15 is 0 Å². The number of aromatic nitrogens is 1. The molecule has 8 nitrogen and oxygen atoms in total. The zero-order valence-corrected chi connectivity index (χ0v) is 22.2. The van der Waals surface area contributed by atoms with E-state index in [2.05, 4.69) is 31.3 Å². The van der Waals surface area contributed by atoms with Gasteiger partial charge in [0.05, 0.1) is 0 Å². The van der Waals surface area contributed by atoms with Gasteiger partial charge in [-0.05, 0) is 51.1 Å². The number of hydrogen-bond acceptors (Lipinski definition) is 8. The van der Waals surface area contributed by atoms with E-state index in [9.17, 15) is 18.3 Å². The molecule has 0 aromatic carbocycles. The van der Waals surface area contributed by atoms with Crippen LogP contribution >= 0.6 is 0 Å². The molecule has 3 N–H and O–H groups in total. The lowest BCUT2D eigenvalue weighted by Gasteiger charge is -2.77. The number of pyridine rings is 1. The molecule has 0 amide bonds. The van der Waals surface area contributed by atoms with Crippen LogP contribution in [0.2, 0.25) is 0 Å². The normalized spacial score (nSPS) is 33.2. The van der Waals surface area contributed by atoms with E-state index in [0.29, 0.717) is 17.9 Å². The van der Waals surface area contributed by atoms with E-state index in [-0.39, 0.29) is 22.8 Å². The molecule has 4 fully saturated rings. The van der Waals surface area contributed by atoms with Gasteiger partial charge in [0.15, 0.2) is 11.6 Å². The summed E-state index contributed by atoms with van der Waals surface area (Å²) in [4.78, 5) is 16.4. The average molecular weight is 525 g/mol. The number of hydrogen-bond donors (Lipinski definition) is 2. The van der Waals surface area contributed by atoms with Crippen molar-refractivity contribution >= 4 is 11.7 Å². The topological polar surface area (TPSA) is 90.5 Å². The Labute approximate surface area is 216 Å². The summed E-state index contributed by atoms with van der Waals surface area (Å²) in [6.07, 6.45) is 0.0703. The third-order valence-corrected chi connectivity index (χ3v) is 8.86. The van der Waals surface area contributed by atoms with E-state index in [1.165, 1.54) is 18.7 Å². The van der Waals surface area contributed by atoms with E-state index < -0.39 is 23.8 Å². The molecular formula is C26H39F3N6O2. The molecule has 1 aromatic heterocycles. The quantitative estimate of drug-likeness (QED) is 0.540. The van der Waals surface area contributed by atoms with Crippen LogP contribution in [0, 0.1) is 5.92 Å². The summed E-state index contributed by atoms with van der Waals surface area (Å²) in [7, 11) is 0. The molecule has 0 radical (unpaired) electrons. The van der Waals surface area contributed by atoms with Gasteiger partial charge in [-0.2, -0.15) is 0 Å². The summed E-state index contributed by atoms with van der Waals surface area (Å²) in [5, 5.41) is 11.1. The van der Waals surface area contributed by atoms with Crippen molar-refractivity contribution < 1.29 is 23.0 Å². The first-order chi connectivity index (χ1) is 17.3. The minimum absolute atomic E-state index is 0.0507. The fraction of sp³-hybridized carbons (Fsp3) is 0.769. The van der Waals surface area contributed by atoms with Gasteiger partial charge in [0.25, 0.3) is 0 Å². The number of ether oxygens (including phenoxy) is 1. The van der Waals surface area contributed by atoms with Crippen LogP contribution < -0.4 is 10.5 Å². The lowest BCUT2D eigenvalue weighted by atomic mass is 9.42. The summed E-state index contributed by atoms with van der Waals surface area (Å²) >= 11 is 0. The van der Waals surface area contributed by atoms with Gasteiger partial charge in [0.2, 0.25) is 0 Å². The summed E-state index contributed by atoms with van der Waals surface area (Å²) in [6, 6.07) is 1.28. The number of aliphatic imine (C=N–C) groups is 1. The predicted octanol–water partition coefficient (Wildman–Crippen LogP) is 3.21. The van der Waals surface area contributed by atoms with Crippen molar-refractivity contribution in [1.82, 2.24) is 19.7 Å². The van der Waals surface area contributed by atoms with Crippen LogP contribution in [-0.2, 0) is 5.54 Å². The Morgan fingerprint density at radius 3 is 2.35 bits per heavy atom. The Morgan fingerprint density at radius 1 is 1.14 bits per heavy atom. The Hall–Kier alpha value is -2.11. The number of anilines is 1. The predicted molar refractivity (Wildman–Crippen MR) is 135 cm³/mol. The highest BCUT2D eigenvalue weighted by Crippen LogP contribution is 2.67. The molecule has 3 saturated carbocycles. The average Bonchev–Trinajstić information content (AvgIpc) is 3.11. The molecule has 2 unspecified atom stereocenters. The minimum atomic E-state index is -4.87. The number of nitrogens with zero attached hydrogens (tertiary/aromatic N) is 5. The van der Waals surface area contributed by atoms with Crippen molar-refractivity contribution in [3.63, 3.8) is 0 Å². The smallest absolute Gasteiger partial charge is 0.402 e. The number of nitrogen functional groups attached to an aromatic ring is 1. The fourth-order valence-electron chi connectivity index (χ4n) is 6.85. The Bertz CT molecular complexity index is 1040. The van der Waals surface area contributed by atoms with Gasteiger partial charge >= 0.3 is 6.36 Å². The molecule has 1 saturated heterocycles. The largest absolute Gasteiger partial charge is 0.573 e. The molecule has 5 aliphatic rings. The zero-order chi connectivity index (χ0) is 26.8. The first-order valence-electron chi connectivity index (χ1n) is 13.3. The number of rotatable bonds is 8. The van der Waals surface area contributed by atoms with Crippen molar-refractivity contribution in [3.05, 3.63) is 17.8 Å². The number of aliphatic hydroxyl groups excluding tert-OH is 1. The van der Waals surface area contributed by atoms with Gasteiger partial charge in [-0.25, -0.2) is 4.98 Å². The second kappa shape index (κ2) is 8.98. The third kappa shape index (κ3) is 4.57. The third-order valence-electron chi connectivity index (χ3n) is 8.86. The molecule has 2 atom stereocenters. The fourth-order valence-corrected chi connectivity index (χ4v) is 6.85. The van der Waals surface area contributed by atoms with Gasteiger partial charge in [-0.1, -0.05) is 20.8 Å². The first kappa shape index (κ1) is 26.5.